The van der Waals surface area contributed by atoms with E-state index in [2.05, 4.69) is 25.2 Å². The molecule has 1 N–H and O–H groups in total. The summed E-state index contributed by atoms with van der Waals surface area (Å²) in [7, 11) is 0. The van der Waals surface area contributed by atoms with Crippen molar-refractivity contribution in [1.82, 2.24) is 24.3 Å². The Morgan fingerprint density at radius 2 is 1.73 bits per heavy atom. The molecule has 1 aliphatic heterocycles. The third-order valence-electron chi connectivity index (χ3n) is 6.01. The van der Waals surface area contributed by atoms with Crippen molar-refractivity contribution in [3.63, 3.8) is 0 Å². The second kappa shape index (κ2) is 9.30. The summed E-state index contributed by atoms with van der Waals surface area (Å²) in [5.74, 6) is -0.959. The van der Waals surface area contributed by atoms with Crippen molar-refractivity contribution < 1.29 is 18.7 Å². The number of fused-ring (bicyclic) bond motifs is 2. The van der Waals surface area contributed by atoms with Crippen LogP contribution in [0.3, 0.4) is 0 Å². The van der Waals surface area contributed by atoms with Gasteiger partial charge in [0.2, 0.25) is 0 Å². The Morgan fingerprint density at radius 3 is 2.43 bits per heavy atom. The zero-order valence-electron chi connectivity index (χ0n) is 21.2. The fourth-order valence-electron chi connectivity index (χ4n) is 4.38. The highest BCUT2D eigenvalue weighted by atomic mass is 19.1. The number of benzene rings is 1. The van der Waals surface area contributed by atoms with Crippen LogP contribution in [0.4, 0.5) is 20.6 Å². The summed E-state index contributed by atoms with van der Waals surface area (Å²) in [6, 6.07) is 4.77. The molecule has 11 heteroatoms. The van der Waals surface area contributed by atoms with Gasteiger partial charge in [0.15, 0.2) is 11.5 Å². The lowest BCUT2D eigenvalue weighted by Crippen LogP contribution is -2.50. The predicted molar refractivity (Wildman–Crippen MR) is 137 cm³/mol. The van der Waals surface area contributed by atoms with Gasteiger partial charge in [0.05, 0.1) is 22.6 Å². The molecule has 0 atom stereocenters. The number of nitrogens with one attached hydrogen (secondary N) is 1. The second-order valence-electron chi connectivity index (χ2n) is 9.98. The molecule has 1 aromatic carbocycles. The molecule has 0 radical (unpaired) electrons. The molecule has 1 fully saturated rings. The number of anilines is 2. The number of carbonyl (C=O) groups is 2. The van der Waals surface area contributed by atoms with Crippen LogP contribution in [0.15, 0.2) is 43.0 Å². The van der Waals surface area contributed by atoms with Gasteiger partial charge in [-0.1, -0.05) is 0 Å². The first-order chi connectivity index (χ1) is 17.6. The largest absolute Gasteiger partial charge is 0.444 e. The van der Waals surface area contributed by atoms with Gasteiger partial charge in [0.25, 0.3) is 5.91 Å². The van der Waals surface area contributed by atoms with Crippen molar-refractivity contribution in [3.05, 3.63) is 60.1 Å². The molecule has 0 unspecified atom stereocenters. The summed E-state index contributed by atoms with van der Waals surface area (Å²) in [5, 5.41) is 2.76. The normalized spacial score (nSPS) is 14.3. The molecule has 10 nitrogen and oxygen atoms in total. The van der Waals surface area contributed by atoms with Gasteiger partial charge < -0.3 is 24.3 Å². The Bertz CT molecular complexity index is 1500. The molecule has 0 spiro atoms. The van der Waals surface area contributed by atoms with Crippen molar-refractivity contribution in [3.8, 4) is 0 Å². The van der Waals surface area contributed by atoms with Crippen LogP contribution in [0.1, 0.15) is 36.8 Å². The summed E-state index contributed by atoms with van der Waals surface area (Å²) < 4.78 is 21.5. The highest BCUT2D eigenvalue weighted by Crippen LogP contribution is 2.28. The zero-order chi connectivity index (χ0) is 26.3. The number of nitrogens with zero attached hydrogens (tertiary/aromatic N) is 6. The van der Waals surface area contributed by atoms with E-state index in [1.54, 1.807) is 36.5 Å². The minimum Gasteiger partial charge on any atom is -0.444 e. The Morgan fingerprint density at radius 1 is 1.03 bits per heavy atom. The lowest BCUT2D eigenvalue weighted by molar-refractivity contribution is 0.0240. The maximum atomic E-state index is 14.5. The number of piperazine rings is 1. The first-order valence-corrected chi connectivity index (χ1v) is 12.0. The molecule has 5 rings (SSSR count). The topological polar surface area (TPSA) is 105 Å². The second-order valence-corrected chi connectivity index (χ2v) is 9.98. The maximum absolute atomic E-state index is 14.5. The highest BCUT2D eigenvalue weighted by Gasteiger charge is 2.27. The van der Waals surface area contributed by atoms with Crippen LogP contribution < -0.4 is 10.2 Å². The molecule has 192 valence electrons. The minimum absolute atomic E-state index is 0.197. The lowest BCUT2D eigenvalue weighted by atomic mass is 10.1. The summed E-state index contributed by atoms with van der Waals surface area (Å²) in [6.07, 6.45) is 6.08. The number of aryl methyl sites for hydroxylation is 1. The van der Waals surface area contributed by atoms with E-state index < -0.39 is 17.3 Å². The SMILES string of the molecule is Cc1cn2cc(NC(=O)c3ccc(N4CCN(C(=O)OC(C)(C)C)CC4)c4nccnc34)cc(F)c2n1. The standard InChI is InChI=1S/C26H28FN7O3/c1-16-14-34-15-17(13-19(27)23(34)30-16)31-24(35)18-5-6-20(22-21(18)28-7-8-29-22)32-9-11-33(12-10-32)25(36)37-26(2,3)4/h5-8,13-15H,9-12H2,1-4H3,(H,31,35). The predicted octanol–water partition coefficient (Wildman–Crippen LogP) is 4.03. The van der Waals surface area contributed by atoms with E-state index in [-0.39, 0.29) is 11.7 Å². The molecule has 37 heavy (non-hydrogen) atoms. The van der Waals surface area contributed by atoms with E-state index in [0.717, 1.165) is 5.69 Å². The number of pyridine rings is 1. The summed E-state index contributed by atoms with van der Waals surface area (Å²) in [5.41, 5.74) is 2.78. The van der Waals surface area contributed by atoms with Crippen molar-refractivity contribution in [2.24, 2.45) is 0 Å². The Hall–Kier alpha value is -4.28. The smallest absolute Gasteiger partial charge is 0.410 e. The average Bonchev–Trinajstić information content (AvgIpc) is 3.23. The van der Waals surface area contributed by atoms with Gasteiger partial charge in [-0.25, -0.2) is 14.2 Å². The molecular weight excluding hydrogens is 477 g/mol. The lowest BCUT2D eigenvalue weighted by Gasteiger charge is -2.37. The van der Waals surface area contributed by atoms with E-state index in [1.165, 1.54) is 16.7 Å². The van der Waals surface area contributed by atoms with Gasteiger partial charge in [0, 0.05) is 57.0 Å². The number of carbonyl (C=O) groups excluding carboxylic acids is 2. The summed E-state index contributed by atoms with van der Waals surface area (Å²) in [6.45, 7) is 9.47. The minimum atomic E-state index is -0.550. The monoisotopic (exact) mass is 505 g/mol. The highest BCUT2D eigenvalue weighted by molar-refractivity contribution is 6.13. The fraction of sp³-hybridized carbons (Fsp3) is 0.346. The van der Waals surface area contributed by atoms with Crippen LogP contribution in [0.2, 0.25) is 0 Å². The number of hydrogen-bond acceptors (Lipinski definition) is 7. The third-order valence-corrected chi connectivity index (χ3v) is 6.01. The fourth-order valence-corrected chi connectivity index (χ4v) is 4.38. The van der Waals surface area contributed by atoms with E-state index in [1.807, 2.05) is 26.8 Å². The molecule has 4 heterocycles. The van der Waals surface area contributed by atoms with Gasteiger partial charge in [-0.15, -0.1) is 0 Å². The number of aromatic nitrogens is 4. The first-order valence-electron chi connectivity index (χ1n) is 12.0. The van der Waals surface area contributed by atoms with Crippen molar-refractivity contribution in [2.45, 2.75) is 33.3 Å². The number of imidazole rings is 1. The number of ether oxygens (including phenoxy) is 1. The third kappa shape index (κ3) is 5.02. The van der Waals surface area contributed by atoms with Crippen LogP contribution in [-0.2, 0) is 4.74 Å². The molecule has 0 saturated carbocycles. The Kier molecular flexibility index (Phi) is 6.14. The number of amides is 2. The van der Waals surface area contributed by atoms with E-state index in [9.17, 15) is 14.0 Å². The average molecular weight is 506 g/mol. The van der Waals surface area contributed by atoms with Crippen LogP contribution in [-0.4, -0.2) is 68.0 Å². The molecule has 3 aromatic heterocycles. The number of halogens is 1. The van der Waals surface area contributed by atoms with Crippen molar-refractivity contribution >= 4 is 40.1 Å². The number of hydrogen-bond donors (Lipinski definition) is 1. The first kappa shape index (κ1) is 24.4. The van der Waals surface area contributed by atoms with E-state index >= 15 is 0 Å². The van der Waals surface area contributed by atoms with Crippen LogP contribution in [0, 0.1) is 12.7 Å². The van der Waals surface area contributed by atoms with Crippen LogP contribution in [0.5, 0.6) is 0 Å². The summed E-state index contributed by atoms with van der Waals surface area (Å²) in [4.78, 5) is 42.5. The van der Waals surface area contributed by atoms with Crippen molar-refractivity contribution in [1.29, 1.82) is 0 Å². The van der Waals surface area contributed by atoms with Gasteiger partial charge in [-0.2, -0.15) is 0 Å². The molecule has 0 bridgehead atoms. The Balaban J connectivity index is 1.37. The summed E-state index contributed by atoms with van der Waals surface area (Å²) >= 11 is 0. The van der Waals surface area contributed by atoms with Crippen LogP contribution >= 0.6 is 0 Å². The van der Waals surface area contributed by atoms with Crippen molar-refractivity contribution in [2.75, 3.05) is 36.4 Å². The van der Waals surface area contributed by atoms with E-state index in [0.29, 0.717) is 54.2 Å². The Labute approximate surface area is 213 Å². The van der Waals surface area contributed by atoms with E-state index in [4.69, 9.17) is 4.74 Å². The molecular formula is C26H28FN7O3. The number of rotatable bonds is 3. The molecule has 0 aliphatic carbocycles. The van der Waals surface area contributed by atoms with Gasteiger partial charge in [-0.3, -0.25) is 14.8 Å². The van der Waals surface area contributed by atoms with Gasteiger partial charge in [-0.05, 0) is 39.8 Å². The van der Waals surface area contributed by atoms with Crippen LogP contribution in [0.25, 0.3) is 16.7 Å². The zero-order valence-corrected chi connectivity index (χ0v) is 21.2. The molecule has 4 aromatic rings. The quantitative estimate of drug-likeness (QED) is 0.448. The van der Waals surface area contributed by atoms with Gasteiger partial charge >= 0.3 is 6.09 Å². The molecule has 1 saturated heterocycles. The molecule has 2 amide bonds. The van der Waals surface area contributed by atoms with Gasteiger partial charge in [0.1, 0.15) is 16.6 Å². The molecule has 1 aliphatic rings. The maximum Gasteiger partial charge on any atom is 0.410 e.